The van der Waals surface area contributed by atoms with Crippen LogP contribution in [0.4, 0.5) is 0 Å². The standard InChI is InChI=1S/C30H50O2/c1-24(2)15-16-29-19-32-30(22(29)17-24)14-10-21-26(5)12-8-11-25(3,4)20(26)9-13-27(21,6)28(30,7)18-23(29)31/h20-23,31H,8-19H2,1-7H3/t20-,21+,22+,23+,26-,27+,28-,29+,30-/m0/s1. The van der Waals surface area contributed by atoms with Gasteiger partial charge in [-0.05, 0) is 104 Å². The molecule has 1 N–H and O–H groups in total. The average molecular weight is 443 g/mol. The number of ether oxygens (including phenoxy) is 1. The van der Waals surface area contributed by atoms with Crippen molar-refractivity contribution >= 4 is 0 Å². The number of aliphatic hydroxyl groups is 1. The molecule has 2 bridgehead atoms. The molecule has 0 amide bonds. The molecule has 6 fully saturated rings. The second kappa shape index (κ2) is 6.18. The fourth-order valence-corrected chi connectivity index (χ4v) is 12.1. The quantitative estimate of drug-likeness (QED) is 0.424. The fraction of sp³-hybridized carbons (Fsp3) is 1.00. The first-order valence-electron chi connectivity index (χ1n) is 14.1. The van der Waals surface area contributed by atoms with Gasteiger partial charge in [0.25, 0.3) is 0 Å². The van der Waals surface area contributed by atoms with Gasteiger partial charge in [0.15, 0.2) is 0 Å². The van der Waals surface area contributed by atoms with E-state index < -0.39 is 0 Å². The summed E-state index contributed by atoms with van der Waals surface area (Å²) >= 11 is 0. The Kier molecular flexibility index (Phi) is 4.32. The molecule has 182 valence electrons. The van der Waals surface area contributed by atoms with Crippen LogP contribution in [0, 0.1) is 50.2 Å². The number of hydrogen-bond acceptors (Lipinski definition) is 2. The molecule has 5 saturated carbocycles. The number of rotatable bonds is 0. The maximum atomic E-state index is 11.9. The average Bonchev–Trinajstić information content (AvgIpc) is 2.95. The Morgan fingerprint density at radius 1 is 0.719 bits per heavy atom. The summed E-state index contributed by atoms with van der Waals surface area (Å²) in [6, 6.07) is 0. The van der Waals surface area contributed by atoms with E-state index in [9.17, 15) is 5.11 Å². The van der Waals surface area contributed by atoms with Crippen molar-refractivity contribution in [2.45, 2.75) is 131 Å². The van der Waals surface area contributed by atoms with Crippen LogP contribution < -0.4 is 0 Å². The molecule has 2 heteroatoms. The van der Waals surface area contributed by atoms with Crippen molar-refractivity contribution < 1.29 is 9.84 Å². The zero-order chi connectivity index (χ0) is 23.0. The van der Waals surface area contributed by atoms with E-state index in [0.717, 1.165) is 31.3 Å². The molecule has 2 nitrogen and oxygen atoms in total. The molecule has 0 unspecified atom stereocenters. The van der Waals surface area contributed by atoms with Crippen molar-refractivity contribution in [2.75, 3.05) is 6.61 Å². The fourth-order valence-electron chi connectivity index (χ4n) is 12.1. The van der Waals surface area contributed by atoms with Gasteiger partial charge in [0.05, 0.1) is 18.3 Å². The van der Waals surface area contributed by atoms with Crippen LogP contribution in [0.1, 0.15) is 119 Å². The van der Waals surface area contributed by atoms with Gasteiger partial charge in [-0.15, -0.1) is 0 Å². The normalized spacial score (nSPS) is 60.0. The van der Waals surface area contributed by atoms with Gasteiger partial charge in [-0.25, -0.2) is 0 Å². The Labute approximate surface area is 197 Å². The van der Waals surface area contributed by atoms with Gasteiger partial charge in [-0.3, -0.25) is 0 Å². The van der Waals surface area contributed by atoms with Crippen molar-refractivity contribution in [3.05, 3.63) is 0 Å². The third-order valence-electron chi connectivity index (χ3n) is 13.9. The molecule has 1 saturated heterocycles. The van der Waals surface area contributed by atoms with Crippen molar-refractivity contribution in [2.24, 2.45) is 50.2 Å². The highest BCUT2D eigenvalue weighted by Crippen LogP contribution is 2.80. The van der Waals surface area contributed by atoms with Gasteiger partial charge in [0, 0.05) is 10.8 Å². The van der Waals surface area contributed by atoms with Crippen LogP contribution in [0.2, 0.25) is 0 Å². The summed E-state index contributed by atoms with van der Waals surface area (Å²) in [4.78, 5) is 0. The molecule has 32 heavy (non-hydrogen) atoms. The molecule has 1 heterocycles. The minimum absolute atomic E-state index is 0.0114. The second-order valence-electron chi connectivity index (χ2n) is 15.8. The van der Waals surface area contributed by atoms with Crippen LogP contribution in [0.3, 0.4) is 0 Å². The van der Waals surface area contributed by atoms with E-state index in [1.165, 1.54) is 57.8 Å². The van der Waals surface area contributed by atoms with E-state index in [1.807, 2.05) is 0 Å². The topological polar surface area (TPSA) is 29.5 Å². The minimum atomic E-state index is -0.187. The maximum absolute atomic E-state index is 11.9. The summed E-state index contributed by atoms with van der Waals surface area (Å²) in [5.41, 5.74) is 1.67. The van der Waals surface area contributed by atoms with Gasteiger partial charge in [-0.1, -0.05) is 54.9 Å². The Morgan fingerprint density at radius 2 is 1.44 bits per heavy atom. The van der Waals surface area contributed by atoms with Crippen molar-refractivity contribution in [3.8, 4) is 0 Å². The van der Waals surface area contributed by atoms with Crippen LogP contribution in [0.5, 0.6) is 0 Å². The molecule has 0 aromatic carbocycles. The molecule has 1 aliphatic heterocycles. The van der Waals surface area contributed by atoms with Gasteiger partial charge in [-0.2, -0.15) is 0 Å². The second-order valence-corrected chi connectivity index (χ2v) is 15.8. The van der Waals surface area contributed by atoms with E-state index in [-0.39, 0.29) is 27.9 Å². The third-order valence-corrected chi connectivity index (χ3v) is 13.9. The Hall–Kier alpha value is -0.0800. The lowest BCUT2D eigenvalue weighted by molar-refractivity contribution is -0.293. The number of hydrogen-bond donors (Lipinski definition) is 1. The van der Waals surface area contributed by atoms with Crippen LogP contribution in [0.15, 0.2) is 0 Å². The highest BCUT2D eigenvalue weighted by molar-refractivity contribution is 5.28. The molecule has 0 aromatic heterocycles. The first kappa shape index (κ1) is 22.4. The van der Waals surface area contributed by atoms with Crippen molar-refractivity contribution in [1.29, 1.82) is 0 Å². The third kappa shape index (κ3) is 2.32. The van der Waals surface area contributed by atoms with E-state index in [0.29, 0.717) is 22.2 Å². The first-order chi connectivity index (χ1) is 14.8. The van der Waals surface area contributed by atoms with Gasteiger partial charge < -0.3 is 9.84 Å². The number of aliphatic hydroxyl groups excluding tert-OH is 1. The molecular weight excluding hydrogens is 392 g/mol. The summed E-state index contributed by atoms with van der Waals surface area (Å²) in [6.45, 7) is 18.8. The van der Waals surface area contributed by atoms with Gasteiger partial charge in [0.2, 0.25) is 0 Å². The predicted octanol–water partition coefficient (Wildman–Crippen LogP) is 7.38. The zero-order valence-electron chi connectivity index (χ0n) is 22.2. The maximum Gasteiger partial charge on any atom is 0.0777 e. The molecule has 0 aromatic rings. The Bertz CT molecular complexity index is 816. The molecule has 9 atom stereocenters. The summed E-state index contributed by atoms with van der Waals surface area (Å²) in [5, 5.41) is 11.9. The van der Waals surface area contributed by atoms with Crippen LogP contribution in [-0.2, 0) is 4.74 Å². The molecular formula is C30H50O2. The Balaban J connectivity index is 1.46. The highest BCUT2D eigenvalue weighted by Gasteiger charge is 2.79. The molecule has 5 aliphatic carbocycles. The summed E-state index contributed by atoms with van der Waals surface area (Å²) in [6.07, 6.45) is 13.9. The van der Waals surface area contributed by atoms with Crippen molar-refractivity contribution in [1.82, 2.24) is 0 Å². The summed E-state index contributed by atoms with van der Waals surface area (Å²) in [7, 11) is 0. The zero-order valence-corrected chi connectivity index (χ0v) is 22.2. The van der Waals surface area contributed by atoms with E-state index in [4.69, 9.17) is 4.74 Å². The molecule has 6 aliphatic rings. The van der Waals surface area contributed by atoms with Crippen LogP contribution in [-0.4, -0.2) is 23.4 Å². The number of fused-ring (bicyclic) bond motifs is 4. The van der Waals surface area contributed by atoms with Gasteiger partial charge >= 0.3 is 0 Å². The molecule has 6 rings (SSSR count). The monoisotopic (exact) mass is 442 g/mol. The van der Waals surface area contributed by atoms with Crippen LogP contribution in [0.25, 0.3) is 0 Å². The summed E-state index contributed by atoms with van der Waals surface area (Å²) in [5.74, 6) is 2.16. The SMILES string of the molecule is CC1(C)CC[C@]23CO[C@@]4(CC[C@@H]5[C@@]6(C)CCCC(C)(C)[C@@H]6CC[C@@]5(C)[C@]4(C)C[C@H]2O)[C@@H]3C1. The smallest absolute Gasteiger partial charge is 0.0777 e. The van der Waals surface area contributed by atoms with Crippen LogP contribution >= 0.6 is 0 Å². The largest absolute Gasteiger partial charge is 0.392 e. The molecule has 1 spiro atoms. The lowest BCUT2D eigenvalue weighted by Crippen LogP contribution is -2.73. The first-order valence-corrected chi connectivity index (χ1v) is 14.1. The lowest BCUT2D eigenvalue weighted by Gasteiger charge is -2.74. The summed E-state index contributed by atoms with van der Waals surface area (Å²) < 4.78 is 7.14. The van der Waals surface area contributed by atoms with E-state index >= 15 is 0 Å². The Morgan fingerprint density at radius 3 is 2.19 bits per heavy atom. The lowest BCUT2D eigenvalue weighted by atomic mass is 9.30. The molecule has 0 radical (unpaired) electrons. The van der Waals surface area contributed by atoms with Crippen molar-refractivity contribution in [3.63, 3.8) is 0 Å². The minimum Gasteiger partial charge on any atom is -0.392 e. The predicted molar refractivity (Wildman–Crippen MR) is 130 cm³/mol. The highest BCUT2D eigenvalue weighted by atomic mass is 16.5. The van der Waals surface area contributed by atoms with E-state index in [1.54, 1.807) is 0 Å². The van der Waals surface area contributed by atoms with Gasteiger partial charge in [0.1, 0.15) is 0 Å². The van der Waals surface area contributed by atoms with E-state index in [2.05, 4.69) is 48.5 Å².